The molecule has 122 valence electrons. The molecule has 2 aromatic rings. The Morgan fingerprint density at radius 3 is 2.35 bits per heavy atom. The second-order valence-corrected chi connectivity index (χ2v) is 5.29. The molecule has 0 aromatic heterocycles. The number of rotatable bonds is 6. The number of benzene rings is 2. The van der Waals surface area contributed by atoms with Crippen LogP contribution in [0.2, 0.25) is 0 Å². The van der Waals surface area contributed by atoms with Crippen molar-refractivity contribution < 1.29 is 14.3 Å². The zero-order valence-corrected chi connectivity index (χ0v) is 13.8. The van der Waals surface area contributed by atoms with Crippen LogP contribution in [0, 0.1) is 6.92 Å². The van der Waals surface area contributed by atoms with E-state index in [1.54, 1.807) is 45.4 Å². The molecule has 1 atom stereocenters. The number of anilines is 2. The minimum Gasteiger partial charge on any atom is -0.497 e. The highest BCUT2D eigenvalue weighted by Crippen LogP contribution is 2.26. The first-order valence-corrected chi connectivity index (χ1v) is 7.39. The maximum absolute atomic E-state index is 12.3. The van der Waals surface area contributed by atoms with E-state index in [4.69, 9.17) is 9.47 Å². The fourth-order valence-electron chi connectivity index (χ4n) is 2.16. The van der Waals surface area contributed by atoms with Crippen LogP contribution in [-0.4, -0.2) is 26.2 Å². The van der Waals surface area contributed by atoms with E-state index in [0.717, 1.165) is 22.7 Å². The molecule has 23 heavy (non-hydrogen) atoms. The highest BCUT2D eigenvalue weighted by molar-refractivity contribution is 5.96. The molecule has 0 aliphatic rings. The van der Waals surface area contributed by atoms with Gasteiger partial charge in [0.05, 0.1) is 19.9 Å². The summed E-state index contributed by atoms with van der Waals surface area (Å²) in [6, 6.07) is 12.6. The summed E-state index contributed by atoms with van der Waals surface area (Å²) in [6.45, 7) is 3.80. The van der Waals surface area contributed by atoms with E-state index in [9.17, 15) is 4.79 Å². The van der Waals surface area contributed by atoms with Crippen LogP contribution in [0.3, 0.4) is 0 Å². The predicted octanol–water partition coefficient (Wildman–Crippen LogP) is 3.45. The van der Waals surface area contributed by atoms with Gasteiger partial charge in [0.15, 0.2) is 0 Å². The molecule has 2 rings (SSSR count). The standard InChI is InChI=1S/C18H22N2O3/c1-12-5-10-17(23-4)16(11-12)19-13(2)18(21)20-14-6-8-15(22-3)9-7-14/h5-11,13,19H,1-4H3,(H,20,21)/t13-/m0/s1. The van der Waals surface area contributed by atoms with Crippen LogP contribution in [-0.2, 0) is 4.79 Å². The molecule has 5 nitrogen and oxygen atoms in total. The number of hydrogen-bond acceptors (Lipinski definition) is 4. The maximum atomic E-state index is 12.3. The van der Waals surface area contributed by atoms with Gasteiger partial charge in [-0.3, -0.25) is 4.79 Å². The van der Waals surface area contributed by atoms with Crippen molar-refractivity contribution in [3.05, 3.63) is 48.0 Å². The fourth-order valence-corrected chi connectivity index (χ4v) is 2.16. The topological polar surface area (TPSA) is 59.6 Å². The Bertz CT molecular complexity index is 668. The van der Waals surface area contributed by atoms with Crippen LogP contribution < -0.4 is 20.1 Å². The van der Waals surface area contributed by atoms with Gasteiger partial charge in [0.2, 0.25) is 5.91 Å². The van der Waals surface area contributed by atoms with Crippen LogP contribution in [0.5, 0.6) is 11.5 Å². The first kappa shape index (κ1) is 16.7. The summed E-state index contributed by atoms with van der Waals surface area (Å²) in [4.78, 5) is 12.3. The summed E-state index contributed by atoms with van der Waals surface area (Å²) in [7, 11) is 3.22. The van der Waals surface area contributed by atoms with Gasteiger partial charge in [0.1, 0.15) is 17.5 Å². The Hall–Kier alpha value is -2.69. The summed E-state index contributed by atoms with van der Waals surface area (Å²) in [5.74, 6) is 1.33. The number of hydrogen-bond donors (Lipinski definition) is 2. The summed E-state index contributed by atoms with van der Waals surface area (Å²) in [5, 5.41) is 6.05. The average molecular weight is 314 g/mol. The molecule has 0 aliphatic carbocycles. The highest BCUT2D eigenvalue weighted by atomic mass is 16.5. The van der Waals surface area contributed by atoms with Gasteiger partial charge in [0, 0.05) is 5.69 Å². The average Bonchev–Trinajstić information content (AvgIpc) is 2.55. The minimum absolute atomic E-state index is 0.126. The molecule has 0 spiro atoms. The third-order valence-corrected chi connectivity index (χ3v) is 3.48. The van der Waals surface area contributed by atoms with Crippen molar-refractivity contribution >= 4 is 17.3 Å². The molecule has 0 radical (unpaired) electrons. The third kappa shape index (κ3) is 4.39. The van der Waals surface area contributed by atoms with Crippen molar-refractivity contribution in [3.63, 3.8) is 0 Å². The summed E-state index contributed by atoms with van der Waals surface area (Å²) >= 11 is 0. The molecule has 2 N–H and O–H groups in total. The number of carbonyl (C=O) groups is 1. The van der Waals surface area contributed by atoms with E-state index in [1.165, 1.54) is 0 Å². The monoisotopic (exact) mass is 314 g/mol. The van der Waals surface area contributed by atoms with Gasteiger partial charge < -0.3 is 20.1 Å². The fraction of sp³-hybridized carbons (Fsp3) is 0.278. The Kier molecular flexibility index (Phi) is 5.46. The Morgan fingerprint density at radius 2 is 1.74 bits per heavy atom. The molecule has 0 saturated heterocycles. The molecule has 0 heterocycles. The second kappa shape index (κ2) is 7.54. The molecule has 0 bridgehead atoms. The van der Waals surface area contributed by atoms with Crippen molar-refractivity contribution in [2.45, 2.75) is 19.9 Å². The third-order valence-electron chi connectivity index (χ3n) is 3.48. The lowest BCUT2D eigenvalue weighted by molar-refractivity contribution is -0.116. The maximum Gasteiger partial charge on any atom is 0.246 e. The van der Waals surface area contributed by atoms with E-state index in [0.29, 0.717) is 5.75 Å². The van der Waals surface area contributed by atoms with E-state index in [1.807, 2.05) is 25.1 Å². The number of carbonyl (C=O) groups excluding carboxylic acids is 1. The van der Waals surface area contributed by atoms with Gasteiger partial charge in [-0.05, 0) is 55.8 Å². The van der Waals surface area contributed by atoms with E-state index in [2.05, 4.69) is 10.6 Å². The van der Waals surface area contributed by atoms with Crippen molar-refractivity contribution in [1.29, 1.82) is 0 Å². The van der Waals surface area contributed by atoms with E-state index in [-0.39, 0.29) is 5.91 Å². The molecule has 5 heteroatoms. The zero-order chi connectivity index (χ0) is 16.8. The lowest BCUT2D eigenvalue weighted by atomic mass is 10.2. The van der Waals surface area contributed by atoms with Crippen LogP contribution in [0.25, 0.3) is 0 Å². The summed E-state index contributed by atoms with van der Waals surface area (Å²) < 4.78 is 10.4. The number of methoxy groups -OCH3 is 2. The van der Waals surface area contributed by atoms with Gasteiger partial charge in [0.25, 0.3) is 0 Å². The zero-order valence-electron chi connectivity index (χ0n) is 13.8. The molecule has 0 aliphatic heterocycles. The Morgan fingerprint density at radius 1 is 1.04 bits per heavy atom. The van der Waals surface area contributed by atoms with Gasteiger partial charge in [-0.15, -0.1) is 0 Å². The highest BCUT2D eigenvalue weighted by Gasteiger charge is 2.15. The van der Waals surface area contributed by atoms with Gasteiger partial charge in [-0.2, -0.15) is 0 Å². The van der Waals surface area contributed by atoms with Crippen LogP contribution in [0.4, 0.5) is 11.4 Å². The van der Waals surface area contributed by atoms with Crippen molar-refractivity contribution in [2.24, 2.45) is 0 Å². The first-order chi connectivity index (χ1) is 11.0. The van der Waals surface area contributed by atoms with Crippen molar-refractivity contribution in [3.8, 4) is 11.5 Å². The number of aryl methyl sites for hydroxylation is 1. The first-order valence-electron chi connectivity index (χ1n) is 7.39. The molecule has 0 fully saturated rings. The van der Waals surface area contributed by atoms with Crippen molar-refractivity contribution in [1.82, 2.24) is 0 Å². The van der Waals surface area contributed by atoms with Gasteiger partial charge in [-0.25, -0.2) is 0 Å². The summed E-state index contributed by atoms with van der Waals surface area (Å²) in [5.41, 5.74) is 2.61. The SMILES string of the molecule is COc1ccc(NC(=O)[C@H](C)Nc2cc(C)ccc2OC)cc1. The van der Waals surface area contributed by atoms with Crippen LogP contribution in [0.1, 0.15) is 12.5 Å². The molecule has 0 unspecified atom stereocenters. The quantitative estimate of drug-likeness (QED) is 0.857. The summed E-state index contributed by atoms with van der Waals surface area (Å²) in [6.07, 6.45) is 0. The van der Waals surface area contributed by atoms with Crippen LogP contribution in [0.15, 0.2) is 42.5 Å². The molecule has 2 aromatic carbocycles. The molecular formula is C18H22N2O3. The van der Waals surface area contributed by atoms with E-state index < -0.39 is 6.04 Å². The van der Waals surface area contributed by atoms with Crippen molar-refractivity contribution in [2.75, 3.05) is 24.9 Å². The molecule has 1 amide bonds. The number of amides is 1. The minimum atomic E-state index is -0.409. The molecule has 0 saturated carbocycles. The number of ether oxygens (including phenoxy) is 2. The predicted molar refractivity (Wildman–Crippen MR) is 92.4 cm³/mol. The lowest BCUT2D eigenvalue weighted by Crippen LogP contribution is -2.32. The molecular weight excluding hydrogens is 292 g/mol. The largest absolute Gasteiger partial charge is 0.497 e. The normalized spacial score (nSPS) is 11.5. The lowest BCUT2D eigenvalue weighted by Gasteiger charge is -2.18. The Balaban J connectivity index is 2.03. The van der Waals surface area contributed by atoms with Crippen LogP contribution >= 0.6 is 0 Å². The smallest absolute Gasteiger partial charge is 0.246 e. The van der Waals surface area contributed by atoms with Gasteiger partial charge in [-0.1, -0.05) is 6.07 Å². The Labute approximate surface area is 136 Å². The number of nitrogens with one attached hydrogen (secondary N) is 2. The van der Waals surface area contributed by atoms with Gasteiger partial charge >= 0.3 is 0 Å². The second-order valence-electron chi connectivity index (χ2n) is 5.29. The van der Waals surface area contributed by atoms with E-state index >= 15 is 0 Å².